The molecule has 0 radical (unpaired) electrons. The number of sulfone groups is 1. The molecule has 0 bridgehead atoms. The fourth-order valence-electron chi connectivity index (χ4n) is 1.63. The van der Waals surface area contributed by atoms with Gasteiger partial charge in [-0.1, -0.05) is 18.2 Å². The molecule has 0 spiro atoms. The highest BCUT2D eigenvalue weighted by atomic mass is 32.2. The van der Waals surface area contributed by atoms with Gasteiger partial charge in [-0.2, -0.15) is 4.98 Å². The third-order valence-corrected chi connectivity index (χ3v) is 3.57. The standard InChI is InChI=1S/C11H12N4O2S/c1-18(16,17)9-5-3-2-4-7(9)8-6-14-11(13)15-10(8)12/h2-6H,1H3,(H4,12,13,14,15). The Morgan fingerprint density at radius 3 is 2.39 bits per heavy atom. The fourth-order valence-corrected chi connectivity index (χ4v) is 2.53. The number of nitrogen functional groups attached to an aromatic ring is 2. The smallest absolute Gasteiger partial charge is 0.221 e. The number of aromatic nitrogens is 2. The first-order valence-corrected chi connectivity index (χ1v) is 6.96. The maximum Gasteiger partial charge on any atom is 0.221 e. The van der Waals surface area contributed by atoms with E-state index in [4.69, 9.17) is 11.5 Å². The molecule has 1 aromatic carbocycles. The maximum absolute atomic E-state index is 11.7. The molecule has 4 N–H and O–H groups in total. The van der Waals surface area contributed by atoms with Crippen LogP contribution in [0.15, 0.2) is 35.4 Å². The van der Waals surface area contributed by atoms with E-state index >= 15 is 0 Å². The molecule has 1 heterocycles. The van der Waals surface area contributed by atoms with Crippen molar-refractivity contribution in [2.45, 2.75) is 4.90 Å². The molecule has 2 aromatic rings. The van der Waals surface area contributed by atoms with Crippen molar-refractivity contribution in [1.29, 1.82) is 0 Å². The Morgan fingerprint density at radius 2 is 1.78 bits per heavy atom. The van der Waals surface area contributed by atoms with Crippen LogP contribution in [0.2, 0.25) is 0 Å². The van der Waals surface area contributed by atoms with E-state index in [0.29, 0.717) is 11.1 Å². The highest BCUT2D eigenvalue weighted by Crippen LogP contribution is 2.30. The Morgan fingerprint density at radius 1 is 1.11 bits per heavy atom. The first-order chi connectivity index (χ1) is 8.39. The highest BCUT2D eigenvalue weighted by Gasteiger charge is 2.16. The molecule has 0 unspecified atom stereocenters. The minimum Gasteiger partial charge on any atom is -0.383 e. The predicted octanol–water partition coefficient (Wildman–Crippen LogP) is 0.712. The highest BCUT2D eigenvalue weighted by molar-refractivity contribution is 7.90. The fraction of sp³-hybridized carbons (Fsp3) is 0.0909. The second-order valence-corrected chi connectivity index (χ2v) is 5.78. The normalized spacial score (nSPS) is 11.4. The van der Waals surface area contributed by atoms with Gasteiger partial charge in [-0.3, -0.25) is 0 Å². The molecular formula is C11H12N4O2S. The monoisotopic (exact) mass is 264 g/mol. The van der Waals surface area contributed by atoms with E-state index in [-0.39, 0.29) is 16.7 Å². The minimum absolute atomic E-state index is 0.0492. The van der Waals surface area contributed by atoms with Crippen LogP contribution < -0.4 is 11.5 Å². The summed E-state index contributed by atoms with van der Waals surface area (Å²) in [5.41, 5.74) is 12.1. The number of nitrogens with two attached hydrogens (primary N) is 2. The van der Waals surface area contributed by atoms with Gasteiger partial charge in [0.15, 0.2) is 9.84 Å². The van der Waals surface area contributed by atoms with Crippen LogP contribution in [0.1, 0.15) is 0 Å². The average Bonchev–Trinajstić information content (AvgIpc) is 2.28. The molecule has 1 aromatic heterocycles. The van der Waals surface area contributed by atoms with Crippen LogP contribution in [0.3, 0.4) is 0 Å². The third-order valence-electron chi connectivity index (χ3n) is 2.41. The summed E-state index contributed by atoms with van der Waals surface area (Å²) in [6.07, 6.45) is 2.56. The van der Waals surface area contributed by atoms with E-state index in [2.05, 4.69) is 9.97 Å². The van der Waals surface area contributed by atoms with Gasteiger partial charge in [0, 0.05) is 23.6 Å². The summed E-state index contributed by atoms with van der Waals surface area (Å²) in [4.78, 5) is 7.84. The first-order valence-electron chi connectivity index (χ1n) is 5.07. The first kappa shape index (κ1) is 12.3. The summed E-state index contributed by atoms with van der Waals surface area (Å²) >= 11 is 0. The number of benzene rings is 1. The molecule has 0 aliphatic rings. The number of hydrogen-bond acceptors (Lipinski definition) is 6. The van der Waals surface area contributed by atoms with Crippen LogP contribution in [0.4, 0.5) is 11.8 Å². The Bertz CT molecular complexity index is 698. The Balaban J connectivity index is 2.72. The van der Waals surface area contributed by atoms with E-state index in [1.165, 1.54) is 12.3 Å². The quantitative estimate of drug-likeness (QED) is 0.826. The van der Waals surface area contributed by atoms with E-state index in [9.17, 15) is 8.42 Å². The van der Waals surface area contributed by atoms with Crippen molar-refractivity contribution in [1.82, 2.24) is 9.97 Å². The van der Waals surface area contributed by atoms with Crippen LogP contribution in [-0.4, -0.2) is 24.6 Å². The van der Waals surface area contributed by atoms with E-state index in [1.54, 1.807) is 18.2 Å². The molecule has 0 fully saturated rings. The molecule has 7 heteroatoms. The molecule has 18 heavy (non-hydrogen) atoms. The largest absolute Gasteiger partial charge is 0.383 e. The SMILES string of the molecule is CS(=O)(=O)c1ccccc1-c1cnc(N)nc1N. The van der Waals surface area contributed by atoms with Crippen LogP contribution in [0.25, 0.3) is 11.1 Å². The summed E-state index contributed by atoms with van der Waals surface area (Å²) < 4.78 is 23.4. The molecule has 0 saturated carbocycles. The van der Waals surface area contributed by atoms with E-state index < -0.39 is 9.84 Å². The van der Waals surface area contributed by atoms with Crippen molar-refractivity contribution in [3.05, 3.63) is 30.5 Å². The van der Waals surface area contributed by atoms with Crippen molar-refractivity contribution in [3.63, 3.8) is 0 Å². The molecule has 0 atom stereocenters. The van der Waals surface area contributed by atoms with Gasteiger partial charge in [-0.15, -0.1) is 0 Å². The lowest BCUT2D eigenvalue weighted by atomic mass is 10.1. The number of rotatable bonds is 2. The molecule has 6 nitrogen and oxygen atoms in total. The summed E-state index contributed by atoms with van der Waals surface area (Å²) in [6.45, 7) is 0. The van der Waals surface area contributed by atoms with Gasteiger partial charge in [-0.25, -0.2) is 13.4 Å². The van der Waals surface area contributed by atoms with Crippen molar-refractivity contribution in [2.24, 2.45) is 0 Å². The van der Waals surface area contributed by atoms with Gasteiger partial charge in [0.1, 0.15) is 5.82 Å². The number of nitrogens with zero attached hydrogens (tertiary/aromatic N) is 2. The molecule has 0 amide bonds. The minimum atomic E-state index is -3.35. The zero-order valence-electron chi connectivity index (χ0n) is 9.66. The maximum atomic E-state index is 11.7. The summed E-state index contributed by atoms with van der Waals surface area (Å²) in [6, 6.07) is 6.54. The molecule has 2 rings (SSSR count). The predicted molar refractivity (Wildman–Crippen MR) is 69.4 cm³/mol. The van der Waals surface area contributed by atoms with Gasteiger partial charge >= 0.3 is 0 Å². The molecule has 0 saturated heterocycles. The van der Waals surface area contributed by atoms with Gasteiger partial charge < -0.3 is 11.5 Å². The van der Waals surface area contributed by atoms with Gasteiger partial charge in [0.25, 0.3) is 0 Å². The van der Waals surface area contributed by atoms with Gasteiger partial charge in [0.05, 0.1) is 4.90 Å². The third kappa shape index (κ3) is 2.25. The van der Waals surface area contributed by atoms with E-state index in [1.807, 2.05) is 0 Å². The molecule has 94 valence electrons. The number of hydrogen-bond donors (Lipinski definition) is 2. The van der Waals surface area contributed by atoms with E-state index in [0.717, 1.165) is 6.26 Å². The summed E-state index contributed by atoms with van der Waals surface area (Å²) in [5.74, 6) is 0.201. The Labute approximate surface area is 105 Å². The summed E-state index contributed by atoms with van der Waals surface area (Å²) in [5, 5.41) is 0. The second-order valence-electron chi connectivity index (χ2n) is 3.80. The molecular weight excluding hydrogens is 252 g/mol. The lowest BCUT2D eigenvalue weighted by molar-refractivity contribution is 0.602. The zero-order chi connectivity index (χ0) is 13.3. The van der Waals surface area contributed by atoms with Crippen molar-refractivity contribution in [2.75, 3.05) is 17.7 Å². The van der Waals surface area contributed by atoms with Crippen LogP contribution >= 0.6 is 0 Å². The average molecular weight is 264 g/mol. The van der Waals surface area contributed by atoms with Crippen LogP contribution in [0, 0.1) is 0 Å². The Hall–Kier alpha value is -2.15. The van der Waals surface area contributed by atoms with Crippen LogP contribution in [0.5, 0.6) is 0 Å². The lowest BCUT2D eigenvalue weighted by Gasteiger charge is -2.09. The van der Waals surface area contributed by atoms with Crippen LogP contribution in [-0.2, 0) is 9.84 Å². The van der Waals surface area contributed by atoms with Crippen molar-refractivity contribution < 1.29 is 8.42 Å². The van der Waals surface area contributed by atoms with Gasteiger partial charge in [0.2, 0.25) is 5.95 Å². The zero-order valence-corrected chi connectivity index (χ0v) is 10.5. The second kappa shape index (κ2) is 4.26. The lowest BCUT2D eigenvalue weighted by Crippen LogP contribution is -2.04. The summed E-state index contributed by atoms with van der Waals surface area (Å²) in [7, 11) is -3.35. The topological polar surface area (TPSA) is 112 Å². The van der Waals surface area contributed by atoms with Crippen molar-refractivity contribution >= 4 is 21.6 Å². The van der Waals surface area contributed by atoms with Gasteiger partial charge in [-0.05, 0) is 6.07 Å². The molecule has 0 aliphatic carbocycles. The molecule has 0 aliphatic heterocycles. The Kier molecular flexibility index (Phi) is 2.92. The number of anilines is 2. The van der Waals surface area contributed by atoms with Crippen molar-refractivity contribution in [3.8, 4) is 11.1 Å².